The molecular weight excluding hydrogens is 1360 g/mol. The topological polar surface area (TPSA) is 181 Å². The van der Waals surface area contributed by atoms with Crippen molar-refractivity contribution in [2.45, 2.75) is 191 Å². The number of aliphatic hydroxyl groups is 1. The standard InChI is InChI=1S/C28H30F6O3.C25H26F6O2.C5H11O4P.3C4H10O2.2CH4/c1-19(20-15-22(27(29,30)31)17-23(16-20)28(32,33)34)37-18-26(21-7-5-4-6-8-21)13-11-25(2,12-14-26)10-9-24(35)36-3;1-16-8-9-23(13-19(16)14-32,20-6-4-3-5-7-20)15-33-17(2)18-10-21(24(26,27)28)12-22(11-18)25(29,30)31;1-3-9-10(8,4-6)5(2)7;3*1-3-5-6-4-2;;/h4-10,15-17,19H,11-14,18H2,1-3H3;3-7,10-12,14,16-17,19H,8-9,13,15H2,1-2H3;6H,3-4H2,1-2H3;3*3-4H2,1-2H3;2*1H4/b10-9+;;;;;;;/t19-,25?,26?;16?,17-,19?,23+;;;;;;/m11....../s1. The van der Waals surface area contributed by atoms with Gasteiger partial charge in [0.05, 0.1) is 101 Å². The summed E-state index contributed by atoms with van der Waals surface area (Å²) >= 11 is 0. The summed E-state index contributed by atoms with van der Waals surface area (Å²) in [5.41, 5.74) is -5.81. The number of aliphatic hydroxyl groups excluding tert-OH is 1. The first-order valence-corrected chi connectivity index (χ1v) is 33.9. The maximum absolute atomic E-state index is 13.3. The Labute approximate surface area is 582 Å². The van der Waals surface area contributed by atoms with Gasteiger partial charge < -0.3 is 28.6 Å². The van der Waals surface area contributed by atoms with Crippen molar-refractivity contribution in [3.8, 4) is 0 Å². The molecule has 15 nitrogen and oxygen atoms in total. The fourth-order valence-electron chi connectivity index (χ4n) is 10.2. The molecule has 0 aromatic heterocycles. The highest BCUT2D eigenvalue weighted by atomic mass is 31.2. The summed E-state index contributed by atoms with van der Waals surface area (Å²) in [7, 11) is -2.05. The molecule has 572 valence electrons. The maximum Gasteiger partial charge on any atom is 0.416 e. The van der Waals surface area contributed by atoms with Crippen LogP contribution in [0.2, 0.25) is 0 Å². The van der Waals surface area contributed by atoms with Crippen molar-refractivity contribution in [3.63, 3.8) is 0 Å². The zero-order valence-electron chi connectivity index (χ0n) is 57.9. The van der Waals surface area contributed by atoms with E-state index < -0.39 is 95.2 Å². The van der Waals surface area contributed by atoms with Crippen LogP contribution < -0.4 is 0 Å². The Morgan fingerprint density at radius 1 is 0.560 bits per heavy atom. The molecule has 0 heterocycles. The third-order valence-corrected chi connectivity index (χ3v) is 17.9. The van der Waals surface area contributed by atoms with Gasteiger partial charge in [-0.05, 0) is 177 Å². The number of rotatable bonds is 26. The summed E-state index contributed by atoms with van der Waals surface area (Å²) in [5.74, 6) is -0.463. The van der Waals surface area contributed by atoms with Crippen LogP contribution in [0.4, 0.5) is 52.7 Å². The molecule has 6 atom stereocenters. The highest BCUT2D eigenvalue weighted by Gasteiger charge is 2.44. The van der Waals surface area contributed by atoms with Gasteiger partial charge in [0, 0.05) is 29.7 Å². The smallest absolute Gasteiger partial charge is 0.416 e. The molecule has 2 aliphatic rings. The molecule has 2 aliphatic carbocycles. The lowest BCUT2D eigenvalue weighted by atomic mass is 9.62. The van der Waals surface area contributed by atoms with Crippen molar-refractivity contribution in [2.24, 2.45) is 17.3 Å². The number of esters is 1. The number of ether oxygens (including phenoxy) is 3. The quantitative estimate of drug-likeness (QED) is 0.00916. The molecule has 0 radical (unpaired) electrons. The van der Waals surface area contributed by atoms with E-state index in [1.165, 1.54) is 27.0 Å². The Balaban J connectivity index is 0. The van der Waals surface area contributed by atoms with Crippen LogP contribution in [-0.4, -0.2) is 95.8 Å². The third-order valence-electron chi connectivity index (χ3n) is 15.9. The average molecular weight is 1470 g/mol. The number of carbonyl (C=O) groups is 3. The highest BCUT2D eigenvalue weighted by molar-refractivity contribution is 7.75. The van der Waals surface area contributed by atoms with E-state index >= 15 is 0 Å². The van der Waals surface area contributed by atoms with E-state index in [0.29, 0.717) is 102 Å². The van der Waals surface area contributed by atoms with Crippen LogP contribution in [0.3, 0.4) is 0 Å². The van der Waals surface area contributed by atoms with Crippen molar-refractivity contribution in [2.75, 3.05) is 72.9 Å². The van der Waals surface area contributed by atoms with Crippen LogP contribution in [0.1, 0.15) is 200 Å². The predicted octanol–water partition coefficient (Wildman–Crippen LogP) is 20.4. The van der Waals surface area contributed by atoms with Gasteiger partial charge in [-0.15, -0.1) is 0 Å². The second-order valence-corrected chi connectivity index (χ2v) is 25.6. The zero-order chi connectivity index (χ0) is 74.6. The average Bonchev–Trinajstić information content (AvgIpc) is 0.802. The minimum Gasteiger partial charge on any atom is -0.466 e. The Hall–Kier alpha value is -5.58. The second-order valence-electron chi connectivity index (χ2n) is 23.1. The number of allylic oxidation sites excluding steroid dienone is 1. The van der Waals surface area contributed by atoms with E-state index in [-0.39, 0.29) is 75.2 Å². The van der Waals surface area contributed by atoms with E-state index in [2.05, 4.69) is 38.6 Å². The van der Waals surface area contributed by atoms with Gasteiger partial charge in [0.25, 0.3) is 7.37 Å². The Morgan fingerprint density at radius 2 is 0.900 bits per heavy atom. The number of hydrogen-bond acceptors (Lipinski definition) is 15. The molecule has 0 aliphatic heterocycles. The lowest BCUT2D eigenvalue weighted by molar-refractivity contribution is -0.287. The number of benzene rings is 4. The molecule has 100 heavy (non-hydrogen) atoms. The minimum atomic E-state index is -4.92. The molecule has 4 aromatic rings. The number of methoxy groups -OCH3 is 1. The first-order valence-electron chi connectivity index (χ1n) is 32.1. The summed E-state index contributed by atoms with van der Waals surface area (Å²) in [6.45, 7) is 25.2. The monoisotopic (exact) mass is 1470 g/mol. The van der Waals surface area contributed by atoms with Gasteiger partial charge in [0.1, 0.15) is 12.6 Å². The minimum absolute atomic E-state index is 0. The van der Waals surface area contributed by atoms with Gasteiger partial charge in [-0.3, -0.25) is 9.36 Å². The Morgan fingerprint density at radius 3 is 1.18 bits per heavy atom. The van der Waals surface area contributed by atoms with E-state index in [0.717, 1.165) is 30.8 Å². The number of aldehydes is 1. The normalized spacial score (nSPS) is 20.3. The molecule has 2 saturated carbocycles. The van der Waals surface area contributed by atoms with Crippen molar-refractivity contribution < 1.29 is 125 Å². The molecule has 0 saturated heterocycles. The van der Waals surface area contributed by atoms with E-state index in [9.17, 15) is 71.6 Å². The summed E-state index contributed by atoms with van der Waals surface area (Å²) in [6.07, 6.45) is -13.6. The lowest BCUT2D eigenvalue weighted by Crippen LogP contribution is -2.41. The van der Waals surface area contributed by atoms with Gasteiger partial charge in [-0.2, -0.15) is 52.7 Å². The summed E-state index contributed by atoms with van der Waals surface area (Å²) in [5, 5.41) is 8.48. The van der Waals surface area contributed by atoms with E-state index in [1.807, 2.05) is 122 Å². The number of halogens is 12. The molecule has 3 unspecified atom stereocenters. The molecule has 2 fully saturated rings. The molecule has 6 rings (SSSR count). The van der Waals surface area contributed by atoms with Gasteiger partial charge in [-0.1, -0.05) is 95.4 Å². The third kappa shape index (κ3) is 33.7. The van der Waals surface area contributed by atoms with Crippen LogP contribution in [0.5, 0.6) is 0 Å². The van der Waals surface area contributed by atoms with Crippen molar-refractivity contribution in [1.29, 1.82) is 0 Å². The van der Waals surface area contributed by atoms with Crippen molar-refractivity contribution in [3.05, 3.63) is 154 Å². The lowest BCUT2D eigenvalue weighted by Gasteiger charge is -2.44. The summed E-state index contributed by atoms with van der Waals surface area (Å²) < 4.78 is 192. The number of carbonyl (C=O) groups excluding carboxylic acids is 3. The largest absolute Gasteiger partial charge is 0.466 e. The zero-order valence-corrected chi connectivity index (χ0v) is 58.8. The molecule has 1 N–H and O–H groups in total. The summed E-state index contributed by atoms with van der Waals surface area (Å²) in [4.78, 5) is 60.7. The van der Waals surface area contributed by atoms with Gasteiger partial charge in [0.2, 0.25) is 5.52 Å². The Bertz CT molecular complexity index is 2880. The number of alkyl halides is 12. The number of hydrogen-bond donors (Lipinski definition) is 1. The molecule has 0 bridgehead atoms. The summed E-state index contributed by atoms with van der Waals surface area (Å²) in [6, 6.07) is 22.0. The molecule has 0 amide bonds. The molecule has 4 aromatic carbocycles. The van der Waals surface area contributed by atoms with E-state index in [1.54, 1.807) is 6.92 Å². The first-order chi connectivity index (χ1) is 45.8. The molecule has 28 heteroatoms. The van der Waals surface area contributed by atoms with Crippen LogP contribution in [0.25, 0.3) is 0 Å². The highest BCUT2D eigenvalue weighted by Crippen LogP contribution is 2.50. The van der Waals surface area contributed by atoms with Crippen LogP contribution in [0.15, 0.2) is 109 Å². The van der Waals surface area contributed by atoms with Gasteiger partial charge in [-0.25, -0.2) is 34.1 Å². The fourth-order valence-corrected chi connectivity index (χ4v) is 11.0. The molecular formula is C72H105F12O15P. The van der Waals surface area contributed by atoms with Crippen LogP contribution >= 0.6 is 7.37 Å². The maximum atomic E-state index is 13.3. The van der Waals surface area contributed by atoms with Gasteiger partial charge in [0.15, 0.2) is 0 Å². The first kappa shape index (κ1) is 96.5. The van der Waals surface area contributed by atoms with E-state index in [4.69, 9.17) is 14.6 Å². The second kappa shape index (κ2) is 46.9. The molecule has 0 spiro atoms. The van der Waals surface area contributed by atoms with Gasteiger partial charge >= 0.3 is 30.7 Å². The van der Waals surface area contributed by atoms with Crippen LogP contribution in [0, 0.1) is 17.3 Å². The Kier molecular flexibility index (Phi) is 45.3. The van der Waals surface area contributed by atoms with Crippen LogP contribution in [-0.2, 0) is 103 Å². The van der Waals surface area contributed by atoms with Crippen molar-refractivity contribution >= 4 is 25.1 Å². The SMILES string of the molecule is C.C.CC1CC[C@](CO[C@H](C)c2cc(C(F)(F)F)cc(C(F)(F)F)c2)(c2ccccc2)CC1C=O.CCOOCC.CCOOCC.CCOOCC.CCOP(=O)(CO)C(C)=O.COC(=O)/C=C/C1(C)CCC(CO[C@H](C)c2cc(C(F)(F)F)cc(C(F)(F)F)c2)(c2ccccc2)CC1. The fraction of sp³-hybridized carbons (Fsp3) is 0.597. The predicted molar refractivity (Wildman–Crippen MR) is 358 cm³/mol. The van der Waals surface area contributed by atoms with Crippen molar-refractivity contribution in [1.82, 2.24) is 0 Å².